The highest BCUT2D eigenvalue weighted by molar-refractivity contribution is 5.28. The smallest absolute Gasteiger partial charge is 0.122 e. The molecule has 0 saturated heterocycles. The van der Waals surface area contributed by atoms with Crippen molar-refractivity contribution in [3.8, 4) is 0 Å². The van der Waals surface area contributed by atoms with Crippen molar-refractivity contribution in [3.63, 3.8) is 0 Å². The summed E-state index contributed by atoms with van der Waals surface area (Å²) in [7, 11) is 1.97. The van der Waals surface area contributed by atoms with Crippen molar-refractivity contribution in [1.29, 1.82) is 0 Å². The fraction of sp³-hybridized carbons (Fsp3) is 0.412. The molecule has 1 aromatic heterocycles. The van der Waals surface area contributed by atoms with E-state index in [1.54, 1.807) is 6.26 Å². The minimum absolute atomic E-state index is 0.871. The Balaban J connectivity index is 1.73. The van der Waals surface area contributed by atoms with Crippen molar-refractivity contribution < 1.29 is 4.42 Å². The number of nitrogens with one attached hydrogen (secondary N) is 1. The van der Waals surface area contributed by atoms with Gasteiger partial charge >= 0.3 is 0 Å². The van der Waals surface area contributed by atoms with Gasteiger partial charge in [-0.3, -0.25) is 4.90 Å². The van der Waals surface area contributed by atoms with Crippen LogP contribution in [0, 0.1) is 0 Å². The molecular formula is C17H22N2O. The van der Waals surface area contributed by atoms with E-state index < -0.39 is 0 Å². The van der Waals surface area contributed by atoms with Gasteiger partial charge in [-0.1, -0.05) is 24.3 Å². The molecule has 0 atom stereocenters. The van der Waals surface area contributed by atoms with Gasteiger partial charge in [-0.25, -0.2) is 0 Å². The number of rotatable bonds is 4. The van der Waals surface area contributed by atoms with E-state index >= 15 is 0 Å². The van der Waals surface area contributed by atoms with Crippen molar-refractivity contribution in [1.82, 2.24) is 10.2 Å². The summed E-state index contributed by atoms with van der Waals surface area (Å²) in [5.74, 6) is 1.10. The molecule has 0 spiro atoms. The first kappa shape index (κ1) is 13.4. The van der Waals surface area contributed by atoms with Gasteiger partial charge in [-0.15, -0.1) is 0 Å². The Labute approximate surface area is 120 Å². The van der Waals surface area contributed by atoms with Gasteiger partial charge < -0.3 is 9.73 Å². The maximum atomic E-state index is 5.67. The van der Waals surface area contributed by atoms with E-state index in [4.69, 9.17) is 4.42 Å². The molecule has 1 aromatic carbocycles. The Morgan fingerprint density at radius 2 is 2.05 bits per heavy atom. The number of benzene rings is 1. The minimum Gasteiger partial charge on any atom is -0.468 e. The van der Waals surface area contributed by atoms with E-state index in [2.05, 4.69) is 40.5 Å². The summed E-state index contributed by atoms with van der Waals surface area (Å²) in [5.41, 5.74) is 4.24. The topological polar surface area (TPSA) is 28.4 Å². The lowest BCUT2D eigenvalue weighted by Gasteiger charge is -2.19. The zero-order valence-corrected chi connectivity index (χ0v) is 12.1. The molecule has 106 valence electrons. The number of fused-ring (bicyclic) bond motifs is 1. The van der Waals surface area contributed by atoms with Crippen LogP contribution in [0.25, 0.3) is 0 Å². The van der Waals surface area contributed by atoms with E-state index in [9.17, 15) is 0 Å². The molecule has 0 fully saturated rings. The molecule has 1 aliphatic heterocycles. The highest BCUT2D eigenvalue weighted by Gasteiger charge is 2.16. The fourth-order valence-electron chi connectivity index (χ4n) is 2.96. The number of hydrogen-bond acceptors (Lipinski definition) is 3. The van der Waals surface area contributed by atoms with Crippen LogP contribution in [0.1, 0.15) is 28.9 Å². The second kappa shape index (κ2) is 6.25. The van der Waals surface area contributed by atoms with Gasteiger partial charge in [-0.05, 0) is 43.6 Å². The second-order valence-corrected chi connectivity index (χ2v) is 5.48. The van der Waals surface area contributed by atoms with Crippen molar-refractivity contribution in [2.75, 3.05) is 13.6 Å². The van der Waals surface area contributed by atoms with E-state index in [0.29, 0.717) is 0 Å². The Morgan fingerprint density at radius 1 is 1.20 bits per heavy atom. The summed E-state index contributed by atoms with van der Waals surface area (Å²) in [4.78, 5) is 2.49. The predicted molar refractivity (Wildman–Crippen MR) is 80.3 cm³/mol. The summed E-state index contributed by atoms with van der Waals surface area (Å²) in [6.07, 6.45) is 4.21. The Morgan fingerprint density at radius 3 is 2.90 bits per heavy atom. The molecule has 1 N–H and O–H groups in total. The molecule has 20 heavy (non-hydrogen) atoms. The lowest BCUT2D eigenvalue weighted by molar-refractivity contribution is 0.238. The highest BCUT2D eigenvalue weighted by Crippen LogP contribution is 2.21. The summed E-state index contributed by atoms with van der Waals surface area (Å²) in [6, 6.07) is 10.9. The molecule has 0 saturated carbocycles. The first-order valence-corrected chi connectivity index (χ1v) is 7.36. The maximum absolute atomic E-state index is 5.67. The van der Waals surface area contributed by atoms with Crippen LogP contribution in [0.5, 0.6) is 0 Å². The first-order valence-electron chi connectivity index (χ1n) is 7.36. The average molecular weight is 270 g/mol. The molecule has 0 amide bonds. The summed E-state index contributed by atoms with van der Waals surface area (Å²) in [5, 5.41) is 3.20. The molecule has 3 nitrogen and oxygen atoms in total. The van der Waals surface area contributed by atoms with Gasteiger partial charge in [0, 0.05) is 18.7 Å². The van der Waals surface area contributed by atoms with Crippen LogP contribution in [0.3, 0.4) is 0 Å². The lowest BCUT2D eigenvalue weighted by Crippen LogP contribution is -2.23. The standard InChI is InChI=1S/C17H22N2O/c1-18-11-15-8-10-20-17(15)13-19-9-4-7-14-5-2-3-6-16(14)12-19/h2-3,5-6,8,10,18H,4,7,9,11-13H2,1H3. The predicted octanol–water partition coefficient (Wildman–Crippen LogP) is 2.95. The number of hydrogen-bond donors (Lipinski definition) is 1. The van der Waals surface area contributed by atoms with E-state index in [0.717, 1.165) is 31.9 Å². The van der Waals surface area contributed by atoms with E-state index in [1.165, 1.54) is 29.5 Å². The number of aryl methyl sites for hydroxylation is 1. The van der Waals surface area contributed by atoms with Crippen LogP contribution in [-0.4, -0.2) is 18.5 Å². The molecule has 3 heteroatoms. The molecule has 0 bridgehead atoms. The normalized spacial score (nSPS) is 15.8. The van der Waals surface area contributed by atoms with Crippen LogP contribution in [0.4, 0.5) is 0 Å². The summed E-state index contributed by atoms with van der Waals surface area (Å²) >= 11 is 0. The SMILES string of the molecule is CNCc1ccoc1CN1CCCc2ccccc2C1. The van der Waals surface area contributed by atoms with Crippen LogP contribution >= 0.6 is 0 Å². The van der Waals surface area contributed by atoms with Gasteiger partial charge in [0.1, 0.15) is 5.76 Å². The third-order valence-electron chi connectivity index (χ3n) is 4.00. The fourth-order valence-corrected chi connectivity index (χ4v) is 2.96. The maximum Gasteiger partial charge on any atom is 0.122 e. The molecule has 0 radical (unpaired) electrons. The van der Waals surface area contributed by atoms with Crippen molar-refractivity contribution >= 4 is 0 Å². The van der Waals surface area contributed by atoms with Gasteiger partial charge in [0.05, 0.1) is 12.8 Å². The molecule has 3 rings (SSSR count). The largest absolute Gasteiger partial charge is 0.468 e. The molecule has 2 aromatic rings. The third kappa shape index (κ3) is 2.94. The van der Waals surface area contributed by atoms with Crippen LogP contribution in [0.2, 0.25) is 0 Å². The van der Waals surface area contributed by atoms with E-state index in [-0.39, 0.29) is 0 Å². The summed E-state index contributed by atoms with van der Waals surface area (Å²) < 4.78 is 5.67. The van der Waals surface area contributed by atoms with Crippen molar-refractivity contribution in [3.05, 3.63) is 59.0 Å². The highest BCUT2D eigenvalue weighted by atomic mass is 16.3. The third-order valence-corrected chi connectivity index (χ3v) is 4.00. The van der Waals surface area contributed by atoms with Crippen LogP contribution in [-0.2, 0) is 26.1 Å². The van der Waals surface area contributed by atoms with Crippen molar-refractivity contribution in [2.45, 2.75) is 32.5 Å². The Kier molecular flexibility index (Phi) is 4.19. The lowest BCUT2D eigenvalue weighted by atomic mass is 10.0. The van der Waals surface area contributed by atoms with Gasteiger partial charge in [0.15, 0.2) is 0 Å². The summed E-state index contributed by atoms with van der Waals surface area (Å²) in [6.45, 7) is 3.93. The van der Waals surface area contributed by atoms with Gasteiger partial charge in [0.2, 0.25) is 0 Å². The molecule has 0 unspecified atom stereocenters. The average Bonchev–Trinajstić information content (AvgIpc) is 2.78. The molecular weight excluding hydrogens is 248 g/mol. The van der Waals surface area contributed by atoms with Crippen LogP contribution < -0.4 is 5.32 Å². The zero-order valence-electron chi connectivity index (χ0n) is 12.1. The number of furan rings is 1. The van der Waals surface area contributed by atoms with E-state index in [1.807, 2.05) is 7.05 Å². The quantitative estimate of drug-likeness (QED) is 0.926. The van der Waals surface area contributed by atoms with Crippen molar-refractivity contribution in [2.24, 2.45) is 0 Å². The monoisotopic (exact) mass is 270 g/mol. The second-order valence-electron chi connectivity index (χ2n) is 5.48. The molecule has 2 heterocycles. The first-order chi connectivity index (χ1) is 9.86. The molecule has 1 aliphatic rings. The molecule has 0 aliphatic carbocycles. The van der Waals surface area contributed by atoms with Gasteiger partial charge in [-0.2, -0.15) is 0 Å². The van der Waals surface area contributed by atoms with Gasteiger partial charge in [0.25, 0.3) is 0 Å². The Hall–Kier alpha value is -1.58. The minimum atomic E-state index is 0.871. The zero-order chi connectivity index (χ0) is 13.8. The Bertz CT molecular complexity index is 562. The van der Waals surface area contributed by atoms with Crippen LogP contribution in [0.15, 0.2) is 41.0 Å². The number of nitrogens with zero attached hydrogens (tertiary/aromatic N) is 1.